The largest absolute Gasteiger partial charge is 0.496 e. The monoisotopic (exact) mass is 309 g/mol. The van der Waals surface area contributed by atoms with E-state index in [2.05, 4.69) is 33.4 Å². The molecule has 0 radical (unpaired) electrons. The highest BCUT2D eigenvalue weighted by atomic mass is 79.9. The molecule has 1 N–H and O–H groups in total. The van der Waals surface area contributed by atoms with Gasteiger partial charge in [0.05, 0.1) is 11.6 Å². The molecule has 18 heavy (non-hydrogen) atoms. The van der Waals surface area contributed by atoms with Crippen molar-refractivity contribution in [2.45, 2.75) is 32.2 Å². The minimum absolute atomic E-state index is 0.684. The Balaban J connectivity index is 1.52. The molecule has 2 nitrogen and oxygen atoms in total. The SMILES string of the molecule is COc1ccc(CNCC2(C3CC3)CC2)cc1Br. The maximum atomic E-state index is 5.24. The molecule has 2 saturated carbocycles. The van der Waals surface area contributed by atoms with Crippen molar-refractivity contribution in [3.8, 4) is 5.75 Å². The van der Waals surface area contributed by atoms with Gasteiger partial charge in [-0.15, -0.1) is 0 Å². The molecule has 0 aliphatic heterocycles. The van der Waals surface area contributed by atoms with E-state index >= 15 is 0 Å². The number of hydrogen-bond acceptors (Lipinski definition) is 2. The third kappa shape index (κ3) is 2.57. The first kappa shape index (κ1) is 12.5. The van der Waals surface area contributed by atoms with Crippen LogP contribution in [0.4, 0.5) is 0 Å². The normalized spacial score (nSPS) is 20.8. The average Bonchev–Trinajstić information content (AvgIpc) is 3.23. The Morgan fingerprint density at radius 3 is 2.72 bits per heavy atom. The Morgan fingerprint density at radius 2 is 2.17 bits per heavy atom. The topological polar surface area (TPSA) is 21.3 Å². The molecule has 3 heteroatoms. The summed E-state index contributed by atoms with van der Waals surface area (Å²) in [4.78, 5) is 0. The second-order valence-corrected chi connectivity index (χ2v) is 6.56. The smallest absolute Gasteiger partial charge is 0.133 e. The molecular weight excluding hydrogens is 290 g/mol. The van der Waals surface area contributed by atoms with E-state index in [0.717, 1.165) is 22.7 Å². The van der Waals surface area contributed by atoms with Crippen molar-refractivity contribution >= 4 is 15.9 Å². The van der Waals surface area contributed by atoms with Gasteiger partial charge in [0.15, 0.2) is 0 Å². The van der Waals surface area contributed by atoms with Gasteiger partial charge in [-0.05, 0) is 70.6 Å². The van der Waals surface area contributed by atoms with Crippen LogP contribution in [0.3, 0.4) is 0 Å². The summed E-state index contributed by atoms with van der Waals surface area (Å²) < 4.78 is 6.28. The second kappa shape index (κ2) is 4.86. The van der Waals surface area contributed by atoms with E-state index in [0.29, 0.717) is 5.41 Å². The lowest BCUT2D eigenvalue weighted by molar-refractivity contribution is 0.402. The number of benzene rings is 1. The molecule has 0 atom stereocenters. The van der Waals surface area contributed by atoms with Crippen LogP contribution in [0.2, 0.25) is 0 Å². The number of nitrogens with one attached hydrogen (secondary N) is 1. The van der Waals surface area contributed by atoms with Crippen LogP contribution in [-0.4, -0.2) is 13.7 Å². The highest BCUT2D eigenvalue weighted by Crippen LogP contribution is 2.60. The summed E-state index contributed by atoms with van der Waals surface area (Å²) >= 11 is 3.53. The minimum atomic E-state index is 0.684. The fraction of sp³-hybridized carbons (Fsp3) is 0.600. The summed E-state index contributed by atoms with van der Waals surface area (Å²) in [6, 6.07) is 6.30. The Labute approximate surface area is 117 Å². The van der Waals surface area contributed by atoms with Gasteiger partial charge in [-0.1, -0.05) is 6.07 Å². The van der Waals surface area contributed by atoms with Crippen LogP contribution in [0.15, 0.2) is 22.7 Å². The Bertz CT molecular complexity index is 438. The number of rotatable bonds is 6. The van der Waals surface area contributed by atoms with Crippen LogP contribution in [0, 0.1) is 11.3 Å². The number of halogens is 1. The standard InChI is InChI=1S/C15H20BrNO/c1-18-14-5-2-11(8-13(14)16)9-17-10-15(6-7-15)12-3-4-12/h2,5,8,12,17H,3-4,6-7,9-10H2,1H3. The van der Waals surface area contributed by atoms with E-state index in [-0.39, 0.29) is 0 Å². The van der Waals surface area contributed by atoms with Gasteiger partial charge in [-0.2, -0.15) is 0 Å². The second-order valence-electron chi connectivity index (χ2n) is 5.71. The number of hydrogen-bond donors (Lipinski definition) is 1. The van der Waals surface area contributed by atoms with E-state index in [4.69, 9.17) is 4.74 Å². The molecule has 2 fully saturated rings. The van der Waals surface area contributed by atoms with Crippen LogP contribution >= 0.6 is 15.9 Å². The zero-order chi connectivity index (χ0) is 12.6. The Morgan fingerprint density at radius 1 is 1.39 bits per heavy atom. The summed E-state index contributed by atoms with van der Waals surface area (Å²) in [5.74, 6) is 1.93. The molecular formula is C15H20BrNO. The molecule has 1 aromatic carbocycles. The van der Waals surface area contributed by atoms with Gasteiger partial charge >= 0.3 is 0 Å². The highest BCUT2D eigenvalue weighted by molar-refractivity contribution is 9.10. The van der Waals surface area contributed by atoms with Gasteiger partial charge in [0.1, 0.15) is 5.75 Å². The van der Waals surface area contributed by atoms with Crippen molar-refractivity contribution in [1.82, 2.24) is 5.32 Å². The third-order valence-corrected chi connectivity index (χ3v) is 4.98. The molecule has 0 saturated heterocycles. The molecule has 1 aromatic rings. The lowest BCUT2D eigenvalue weighted by Gasteiger charge is -2.15. The minimum Gasteiger partial charge on any atom is -0.496 e. The predicted molar refractivity (Wildman–Crippen MR) is 76.8 cm³/mol. The van der Waals surface area contributed by atoms with Crippen molar-refractivity contribution < 1.29 is 4.74 Å². The van der Waals surface area contributed by atoms with Gasteiger partial charge in [0.25, 0.3) is 0 Å². The van der Waals surface area contributed by atoms with Gasteiger partial charge < -0.3 is 10.1 Å². The van der Waals surface area contributed by atoms with Crippen LogP contribution < -0.4 is 10.1 Å². The maximum Gasteiger partial charge on any atom is 0.133 e. The first-order valence-corrected chi connectivity index (χ1v) is 7.56. The zero-order valence-corrected chi connectivity index (χ0v) is 12.4. The number of ether oxygens (including phenoxy) is 1. The van der Waals surface area contributed by atoms with Gasteiger partial charge in [-0.3, -0.25) is 0 Å². The molecule has 0 unspecified atom stereocenters. The molecule has 0 amide bonds. The van der Waals surface area contributed by atoms with E-state index in [1.165, 1.54) is 37.8 Å². The van der Waals surface area contributed by atoms with Gasteiger partial charge in [-0.25, -0.2) is 0 Å². The number of methoxy groups -OCH3 is 1. The summed E-state index contributed by atoms with van der Waals surface area (Å²) in [6.45, 7) is 2.15. The van der Waals surface area contributed by atoms with Crippen molar-refractivity contribution in [3.05, 3.63) is 28.2 Å². The first-order chi connectivity index (χ1) is 8.73. The van der Waals surface area contributed by atoms with Gasteiger partial charge in [0.2, 0.25) is 0 Å². The van der Waals surface area contributed by atoms with E-state index in [1.54, 1.807) is 7.11 Å². The average molecular weight is 310 g/mol. The lowest BCUT2D eigenvalue weighted by atomic mass is 10.0. The van der Waals surface area contributed by atoms with Crippen molar-refractivity contribution in [2.24, 2.45) is 11.3 Å². The summed E-state index contributed by atoms with van der Waals surface area (Å²) in [6.07, 6.45) is 5.82. The van der Waals surface area contributed by atoms with E-state index < -0.39 is 0 Å². The van der Waals surface area contributed by atoms with Crippen molar-refractivity contribution in [1.29, 1.82) is 0 Å². The van der Waals surface area contributed by atoms with Gasteiger partial charge in [0, 0.05) is 13.1 Å². The molecule has 3 rings (SSSR count). The van der Waals surface area contributed by atoms with E-state index in [9.17, 15) is 0 Å². The molecule has 2 aliphatic rings. The van der Waals surface area contributed by atoms with E-state index in [1.807, 2.05) is 6.07 Å². The van der Waals surface area contributed by atoms with Crippen LogP contribution in [0.1, 0.15) is 31.2 Å². The summed E-state index contributed by atoms with van der Waals surface area (Å²) in [5, 5.41) is 3.63. The molecule has 2 aliphatic carbocycles. The fourth-order valence-corrected chi connectivity index (χ4v) is 3.45. The Kier molecular flexibility index (Phi) is 3.37. The summed E-state index contributed by atoms with van der Waals surface area (Å²) in [5.41, 5.74) is 2.00. The van der Waals surface area contributed by atoms with Crippen LogP contribution in [-0.2, 0) is 6.54 Å². The first-order valence-electron chi connectivity index (χ1n) is 6.77. The molecule has 0 heterocycles. The Hall–Kier alpha value is -0.540. The maximum absolute atomic E-state index is 5.24. The lowest BCUT2D eigenvalue weighted by Crippen LogP contribution is -2.25. The molecule has 98 valence electrons. The molecule has 0 spiro atoms. The fourth-order valence-electron chi connectivity index (χ4n) is 2.86. The van der Waals surface area contributed by atoms with Crippen LogP contribution in [0.5, 0.6) is 5.75 Å². The van der Waals surface area contributed by atoms with Crippen molar-refractivity contribution in [2.75, 3.05) is 13.7 Å². The summed E-state index contributed by atoms with van der Waals surface area (Å²) in [7, 11) is 1.70. The molecule has 0 bridgehead atoms. The van der Waals surface area contributed by atoms with Crippen LogP contribution in [0.25, 0.3) is 0 Å². The van der Waals surface area contributed by atoms with Crippen molar-refractivity contribution in [3.63, 3.8) is 0 Å². The highest BCUT2D eigenvalue weighted by Gasteiger charge is 2.53. The zero-order valence-electron chi connectivity index (χ0n) is 10.8. The molecule has 0 aromatic heterocycles. The quantitative estimate of drug-likeness (QED) is 0.864. The third-order valence-electron chi connectivity index (χ3n) is 4.36. The predicted octanol–water partition coefficient (Wildman–Crippen LogP) is 3.74.